The summed E-state index contributed by atoms with van der Waals surface area (Å²) in [7, 11) is 3.60. The lowest BCUT2D eigenvalue weighted by Gasteiger charge is -2.14. The fourth-order valence-electron chi connectivity index (χ4n) is 4.72. The summed E-state index contributed by atoms with van der Waals surface area (Å²) in [5, 5.41) is 23.4. The first-order valence-electron chi connectivity index (χ1n) is 12.4. The van der Waals surface area contributed by atoms with Gasteiger partial charge in [-0.3, -0.25) is 19.5 Å². The lowest BCUT2D eigenvalue weighted by atomic mass is 10.1. The second-order valence-corrected chi connectivity index (χ2v) is 10.7. The van der Waals surface area contributed by atoms with Crippen LogP contribution in [0.15, 0.2) is 70.5 Å². The first-order chi connectivity index (χ1) is 20.1. The van der Waals surface area contributed by atoms with Gasteiger partial charge in [0.05, 0.1) is 16.9 Å². The van der Waals surface area contributed by atoms with Crippen molar-refractivity contribution in [2.24, 2.45) is 0 Å². The summed E-state index contributed by atoms with van der Waals surface area (Å²) in [6, 6.07) is 12.2. The normalized spacial score (nSPS) is 11.6. The molecule has 0 unspecified atom stereocenters. The van der Waals surface area contributed by atoms with Crippen LogP contribution in [0.3, 0.4) is 0 Å². The van der Waals surface area contributed by atoms with E-state index in [9.17, 15) is 28.5 Å². The minimum absolute atomic E-state index is 0.0409. The Morgan fingerprint density at radius 2 is 1.71 bits per heavy atom. The monoisotopic (exact) mass is 590 g/mol. The number of nitro benzene ring substituents is 1. The van der Waals surface area contributed by atoms with Crippen LogP contribution in [0.25, 0.3) is 32.1 Å². The van der Waals surface area contributed by atoms with Gasteiger partial charge in [-0.05, 0) is 61.6 Å². The van der Waals surface area contributed by atoms with Crippen LogP contribution >= 0.6 is 11.3 Å². The molecule has 0 spiro atoms. The van der Waals surface area contributed by atoms with Gasteiger partial charge in [0.2, 0.25) is 0 Å². The maximum Gasteiger partial charge on any atom is 0.338 e. The first-order valence-corrected chi connectivity index (χ1v) is 13.3. The zero-order valence-electron chi connectivity index (χ0n) is 22.1. The molecule has 2 aromatic carbocycles. The number of rotatable bonds is 7. The molecule has 42 heavy (non-hydrogen) atoms. The Balaban J connectivity index is 1.71. The topological polar surface area (TPSA) is 133 Å². The van der Waals surface area contributed by atoms with Crippen molar-refractivity contribution >= 4 is 32.9 Å². The Morgan fingerprint density at radius 3 is 2.38 bits per heavy atom. The number of fused-ring (bicyclic) bond motifs is 2. The molecule has 15 heteroatoms. The zero-order chi connectivity index (χ0) is 29.7. The van der Waals surface area contributed by atoms with Crippen molar-refractivity contribution in [2.45, 2.75) is 13.1 Å². The number of aromatic nitrogens is 6. The molecule has 0 aliphatic carbocycles. The molecular weight excluding hydrogens is 570 g/mol. The van der Waals surface area contributed by atoms with Gasteiger partial charge in [0.25, 0.3) is 11.2 Å². The highest BCUT2D eigenvalue weighted by Crippen LogP contribution is 2.38. The molecule has 0 aliphatic rings. The van der Waals surface area contributed by atoms with E-state index in [0.717, 1.165) is 32.6 Å². The van der Waals surface area contributed by atoms with Gasteiger partial charge in [-0.1, -0.05) is 6.07 Å². The Bertz CT molecular complexity index is 2110. The quantitative estimate of drug-likeness (QED) is 0.203. The standard InChI is InChI=1S/C27H20F2N8O4S/c1-33(2)12-18-23-25(38)36(22-11-10-21-31-30-14-35(21)32-22)27(39)34(13-17-19(28)4-3-5-20(17)29)26(23)42-24(18)15-6-8-16(9-7-15)37(40)41/h3-11,14H,12-13H2,1-2H3. The summed E-state index contributed by atoms with van der Waals surface area (Å²) in [6.45, 7) is -0.254. The second-order valence-electron chi connectivity index (χ2n) is 9.67. The van der Waals surface area contributed by atoms with E-state index in [0.29, 0.717) is 21.7 Å². The number of halogens is 2. The summed E-state index contributed by atoms with van der Waals surface area (Å²) < 4.78 is 32.9. The van der Waals surface area contributed by atoms with Gasteiger partial charge < -0.3 is 4.90 Å². The molecule has 0 radical (unpaired) electrons. The van der Waals surface area contributed by atoms with Crippen LogP contribution in [-0.2, 0) is 13.1 Å². The summed E-state index contributed by atoms with van der Waals surface area (Å²) in [4.78, 5) is 41.5. The number of nitro groups is 1. The van der Waals surface area contributed by atoms with E-state index < -0.39 is 34.4 Å². The van der Waals surface area contributed by atoms with Crippen molar-refractivity contribution in [1.82, 2.24) is 33.8 Å². The third-order valence-electron chi connectivity index (χ3n) is 6.64. The minimum Gasteiger partial charge on any atom is -0.305 e. The van der Waals surface area contributed by atoms with Crippen LogP contribution in [0.1, 0.15) is 11.1 Å². The van der Waals surface area contributed by atoms with E-state index in [4.69, 9.17) is 0 Å². The van der Waals surface area contributed by atoms with Gasteiger partial charge in [0.15, 0.2) is 11.5 Å². The molecule has 0 saturated carbocycles. The molecule has 0 N–H and O–H groups in total. The van der Waals surface area contributed by atoms with E-state index >= 15 is 0 Å². The predicted octanol–water partition coefficient (Wildman–Crippen LogP) is 3.61. The Morgan fingerprint density at radius 1 is 1.00 bits per heavy atom. The SMILES string of the molecule is CN(C)Cc1c(-c2ccc([N+](=O)[O-])cc2)sc2c1c(=O)n(-c1ccc3nncn3n1)c(=O)n2Cc1c(F)cccc1F. The Labute approximate surface area is 238 Å². The van der Waals surface area contributed by atoms with Crippen LogP contribution in [0.4, 0.5) is 14.5 Å². The van der Waals surface area contributed by atoms with Crippen LogP contribution < -0.4 is 11.2 Å². The van der Waals surface area contributed by atoms with Gasteiger partial charge in [-0.2, -0.15) is 4.52 Å². The molecule has 6 aromatic rings. The van der Waals surface area contributed by atoms with Gasteiger partial charge in [0, 0.05) is 29.1 Å². The average molecular weight is 591 g/mol. The van der Waals surface area contributed by atoms with Crippen molar-refractivity contribution < 1.29 is 13.7 Å². The van der Waals surface area contributed by atoms with Crippen LogP contribution in [-0.4, -0.2) is 52.9 Å². The molecule has 212 valence electrons. The molecular formula is C27H20F2N8O4S. The van der Waals surface area contributed by atoms with Crippen molar-refractivity contribution in [1.29, 1.82) is 0 Å². The first kappa shape index (κ1) is 27.0. The molecule has 0 fully saturated rings. The smallest absolute Gasteiger partial charge is 0.305 e. The van der Waals surface area contributed by atoms with Gasteiger partial charge in [-0.15, -0.1) is 26.6 Å². The van der Waals surface area contributed by atoms with E-state index in [2.05, 4.69) is 15.3 Å². The molecule has 4 aromatic heterocycles. The number of benzene rings is 2. The number of hydrogen-bond acceptors (Lipinski definition) is 9. The molecule has 0 amide bonds. The van der Waals surface area contributed by atoms with Crippen LogP contribution in [0, 0.1) is 21.7 Å². The highest BCUT2D eigenvalue weighted by Gasteiger charge is 2.26. The molecule has 6 rings (SSSR count). The largest absolute Gasteiger partial charge is 0.338 e. The highest BCUT2D eigenvalue weighted by molar-refractivity contribution is 7.22. The summed E-state index contributed by atoms with van der Waals surface area (Å²) in [6.07, 6.45) is 1.31. The van der Waals surface area contributed by atoms with E-state index in [-0.39, 0.29) is 33.8 Å². The highest BCUT2D eigenvalue weighted by atomic mass is 32.1. The fraction of sp³-hybridized carbons (Fsp3) is 0.148. The Kier molecular flexibility index (Phi) is 6.67. The van der Waals surface area contributed by atoms with Crippen LogP contribution in [0.5, 0.6) is 0 Å². The van der Waals surface area contributed by atoms with Crippen molar-refractivity contribution in [2.75, 3.05) is 14.1 Å². The fourth-order valence-corrected chi connectivity index (χ4v) is 6.03. The van der Waals surface area contributed by atoms with E-state index in [1.807, 2.05) is 4.90 Å². The number of nitrogens with zero attached hydrogens (tertiary/aromatic N) is 8. The lowest BCUT2D eigenvalue weighted by Crippen LogP contribution is -2.40. The minimum atomic E-state index is -0.858. The molecule has 0 aliphatic heterocycles. The third kappa shape index (κ3) is 4.53. The van der Waals surface area contributed by atoms with Crippen molar-refractivity contribution in [3.8, 4) is 16.3 Å². The van der Waals surface area contributed by atoms with E-state index in [1.165, 1.54) is 41.2 Å². The second kappa shape index (κ2) is 10.4. The lowest BCUT2D eigenvalue weighted by molar-refractivity contribution is -0.384. The zero-order valence-corrected chi connectivity index (χ0v) is 22.9. The maximum atomic E-state index is 14.8. The third-order valence-corrected chi connectivity index (χ3v) is 7.95. The van der Waals surface area contributed by atoms with Crippen LogP contribution in [0.2, 0.25) is 0 Å². The summed E-state index contributed by atoms with van der Waals surface area (Å²) >= 11 is 1.09. The molecule has 0 bridgehead atoms. The number of hydrogen-bond donors (Lipinski definition) is 0. The van der Waals surface area contributed by atoms with Crippen molar-refractivity contribution in [3.63, 3.8) is 0 Å². The van der Waals surface area contributed by atoms with Gasteiger partial charge in [0.1, 0.15) is 22.8 Å². The molecule has 12 nitrogen and oxygen atoms in total. The van der Waals surface area contributed by atoms with Gasteiger partial charge in [-0.25, -0.2) is 18.1 Å². The maximum absolute atomic E-state index is 14.8. The molecule has 0 atom stereocenters. The molecule has 4 heterocycles. The predicted molar refractivity (Wildman–Crippen MR) is 151 cm³/mol. The average Bonchev–Trinajstić information content (AvgIpc) is 3.57. The Hall–Kier alpha value is -5.15. The van der Waals surface area contributed by atoms with Gasteiger partial charge >= 0.3 is 5.69 Å². The number of thiophene rings is 1. The number of non-ortho nitro benzene ring substituents is 1. The van der Waals surface area contributed by atoms with E-state index in [1.54, 1.807) is 26.2 Å². The summed E-state index contributed by atoms with van der Waals surface area (Å²) in [5.41, 5.74) is -0.507. The van der Waals surface area contributed by atoms with Crippen molar-refractivity contribution in [3.05, 3.63) is 115 Å². The summed E-state index contributed by atoms with van der Waals surface area (Å²) in [5.74, 6) is -1.74. The molecule has 0 saturated heterocycles.